The second kappa shape index (κ2) is 8.49. The molecule has 1 aromatic heterocycles. The van der Waals surface area contributed by atoms with Gasteiger partial charge in [0.25, 0.3) is 0 Å². The van der Waals surface area contributed by atoms with Gasteiger partial charge >= 0.3 is 6.01 Å². The van der Waals surface area contributed by atoms with E-state index in [0.717, 1.165) is 29.5 Å². The highest BCUT2D eigenvalue weighted by Crippen LogP contribution is 2.29. The zero-order valence-corrected chi connectivity index (χ0v) is 13.3. The van der Waals surface area contributed by atoms with Crippen LogP contribution >= 0.6 is 0 Å². The molecule has 4 heteroatoms. The van der Waals surface area contributed by atoms with E-state index in [-0.39, 0.29) is 0 Å². The van der Waals surface area contributed by atoms with Crippen LogP contribution in [0.4, 0.5) is 0 Å². The smallest absolute Gasteiger partial charge is 0.316 e. The summed E-state index contributed by atoms with van der Waals surface area (Å²) in [5.74, 6) is 0. The van der Waals surface area contributed by atoms with Crippen LogP contribution in [0.15, 0.2) is 36.7 Å². The first-order valence-corrected chi connectivity index (χ1v) is 7.98. The average molecular weight is 300 g/mol. The third-order valence-electron chi connectivity index (χ3n) is 3.62. The van der Waals surface area contributed by atoms with Gasteiger partial charge in [-0.3, -0.25) is 0 Å². The van der Waals surface area contributed by atoms with Crippen molar-refractivity contribution in [3.05, 3.63) is 42.2 Å². The number of unbranched alkanes of at least 4 members (excludes halogenated alkanes) is 2. The maximum absolute atomic E-state index is 10.1. The van der Waals surface area contributed by atoms with Crippen LogP contribution in [0.5, 0.6) is 6.01 Å². The summed E-state index contributed by atoms with van der Waals surface area (Å²) < 4.78 is 5.53. The molecule has 0 saturated carbocycles. The molecule has 2 aromatic rings. The third-order valence-corrected chi connectivity index (χ3v) is 3.62. The highest BCUT2D eigenvalue weighted by Gasteiger charge is 2.12. The number of benzene rings is 1. The summed E-state index contributed by atoms with van der Waals surface area (Å²) in [6, 6.07) is 8.22. The molecule has 2 rings (SSSR count). The van der Waals surface area contributed by atoms with Gasteiger partial charge in [-0.1, -0.05) is 51.0 Å². The Labute approximate surface area is 132 Å². The largest absolute Gasteiger partial charge is 0.463 e. The van der Waals surface area contributed by atoms with E-state index in [0.29, 0.717) is 19.0 Å². The zero-order valence-electron chi connectivity index (χ0n) is 13.3. The van der Waals surface area contributed by atoms with E-state index >= 15 is 0 Å². The molecule has 0 radical (unpaired) electrons. The Hall–Kier alpha value is -1.94. The van der Waals surface area contributed by atoms with Crippen molar-refractivity contribution >= 4 is 0 Å². The highest BCUT2D eigenvalue weighted by atomic mass is 16.5. The predicted octanol–water partition coefficient (Wildman–Crippen LogP) is 4.16. The molecule has 118 valence electrons. The quantitative estimate of drug-likeness (QED) is 0.744. The van der Waals surface area contributed by atoms with Gasteiger partial charge < -0.3 is 9.84 Å². The van der Waals surface area contributed by atoms with Crippen LogP contribution in [0.2, 0.25) is 0 Å². The predicted molar refractivity (Wildman–Crippen MR) is 87.7 cm³/mol. The fraction of sp³-hybridized carbons (Fsp3) is 0.444. The van der Waals surface area contributed by atoms with Crippen molar-refractivity contribution in [2.45, 2.75) is 45.6 Å². The van der Waals surface area contributed by atoms with E-state index in [1.54, 1.807) is 12.4 Å². The van der Waals surface area contributed by atoms with Crippen LogP contribution in [-0.4, -0.2) is 21.7 Å². The lowest BCUT2D eigenvalue weighted by Crippen LogP contribution is -2.02. The average Bonchev–Trinajstić information content (AvgIpc) is 2.58. The van der Waals surface area contributed by atoms with Gasteiger partial charge in [0.1, 0.15) is 0 Å². The normalized spacial score (nSPS) is 12.1. The Morgan fingerprint density at radius 2 is 1.82 bits per heavy atom. The second-order valence-corrected chi connectivity index (χ2v) is 5.32. The molecule has 0 bridgehead atoms. The fourth-order valence-corrected chi connectivity index (χ4v) is 2.32. The summed E-state index contributed by atoms with van der Waals surface area (Å²) in [6.45, 7) is 4.77. The zero-order chi connectivity index (χ0) is 15.8. The molecule has 1 heterocycles. The number of rotatable bonds is 8. The molecule has 4 nitrogen and oxygen atoms in total. The van der Waals surface area contributed by atoms with Crippen LogP contribution in [0.1, 0.15) is 51.2 Å². The maximum Gasteiger partial charge on any atom is 0.316 e. The molecule has 0 spiro atoms. The molecule has 0 saturated heterocycles. The van der Waals surface area contributed by atoms with Gasteiger partial charge in [-0.25, -0.2) is 9.97 Å². The maximum atomic E-state index is 10.1. The summed E-state index contributed by atoms with van der Waals surface area (Å²) in [6.07, 6.45) is 7.05. The minimum Gasteiger partial charge on any atom is -0.463 e. The van der Waals surface area contributed by atoms with Crippen LogP contribution in [0.3, 0.4) is 0 Å². The lowest BCUT2D eigenvalue weighted by molar-refractivity contribution is 0.174. The van der Waals surface area contributed by atoms with Gasteiger partial charge in [0.2, 0.25) is 0 Å². The third kappa shape index (κ3) is 4.28. The molecule has 1 aromatic carbocycles. The van der Waals surface area contributed by atoms with E-state index in [9.17, 15) is 5.11 Å². The summed E-state index contributed by atoms with van der Waals surface area (Å²) in [7, 11) is 0. The summed E-state index contributed by atoms with van der Waals surface area (Å²) in [5.41, 5.74) is 2.77. The van der Waals surface area contributed by atoms with Gasteiger partial charge in [0.15, 0.2) is 0 Å². The van der Waals surface area contributed by atoms with Gasteiger partial charge in [-0.2, -0.15) is 0 Å². The monoisotopic (exact) mass is 300 g/mol. The van der Waals surface area contributed by atoms with Crippen molar-refractivity contribution in [2.75, 3.05) is 6.61 Å². The molecule has 0 aliphatic carbocycles. The van der Waals surface area contributed by atoms with Gasteiger partial charge in [0, 0.05) is 18.0 Å². The number of hydrogen-bond donors (Lipinski definition) is 1. The first-order valence-electron chi connectivity index (χ1n) is 7.98. The van der Waals surface area contributed by atoms with E-state index in [1.807, 2.05) is 31.2 Å². The second-order valence-electron chi connectivity index (χ2n) is 5.32. The SMILES string of the molecule is CCCCCOc1ncc(-c2ccccc2C(O)CC)cn1. The Bertz CT molecular complexity index is 570. The van der Waals surface area contributed by atoms with Gasteiger partial charge in [-0.15, -0.1) is 0 Å². The number of hydrogen-bond acceptors (Lipinski definition) is 4. The first kappa shape index (κ1) is 16.4. The number of aromatic nitrogens is 2. The molecular weight excluding hydrogens is 276 g/mol. The summed E-state index contributed by atoms with van der Waals surface area (Å²) in [5, 5.41) is 10.1. The Balaban J connectivity index is 2.10. The highest BCUT2D eigenvalue weighted by molar-refractivity contribution is 5.66. The van der Waals surface area contributed by atoms with Crippen LogP contribution < -0.4 is 4.74 Å². The minimum atomic E-state index is -0.471. The van der Waals surface area contributed by atoms with Crippen molar-refractivity contribution in [2.24, 2.45) is 0 Å². The standard InChI is InChI=1S/C18H24N2O2/c1-3-5-8-11-22-18-19-12-14(13-20-18)15-9-6-7-10-16(15)17(21)4-2/h6-7,9-10,12-13,17,21H,3-5,8,11H2,1-2H3. The molecule has 1 atom stereocenters. The van der Waals surface area contributed by atoms with Crippen molar-refractivity contribution in [1.29, 1.82) is 0 Å². The number of aliphatic hydroxyl groups is 1. The van der Waals surface area contributed by atoms with Gasteiger partial charge in [-0.05, 0) is 24.0 Å². The molecule has 1 N–H and O–H groups in total. The van der Waals surface area contributed by atoms with Crippen LogP contribution in [-0.2, 0) is 0 Å². The first-order chi connectivity index (χ1) is 10.8. The molecular formula is C18H24N2O2. The lowest BCUT2D eigenvalue weighted by Gasteiger charge is -2.14. The molecule has 0 fully saturated rings. The molecule has 1 unspecified atom stereocenters. The van der Waals surface area contributed by atoms with Crippen molar-refractivity contribution in [1.82, 2.24) is 9.97 Å². The Morgan fingerprint density at radius 1 is 1.09 bits per heavy atom. The van der Waals surface area contributed by atoms with E-state index < -0.39 is 6.10 Å². The van der Waals surface area contributed by atoms with Crippen molar-refractivity contribution in [3.8, 4) is 17.1 Å². The van der Waals surface area contributed by atoms with E-state index in [2.05, 4.69) is 16.9 Å². The van der Waals surface area contributed by atoms with E-state index in [1.165, 1.54) is 6.42 Å². The summed E-state index contributed by atoms with van der Waals surface area (Å²) >= 11 is 0. The topological polar surface area (TPSA) is 55.2 Å². The number of nitrogens with zero attached hydrogens (tertiary/aromatic N) is 2. The number of ether oxygens (including phenoxy) is 1. The lowest BCUT2D eigenvalue weighted by atomic mass is 9.97. The Kier molecular flexibility index (Phi) is 6.34. The minimum absolute atomic E-state index is 0.411. The van der Waals surface area contributed by atoms with Crippen molar-refractivity contribution in [3.63, 3.8) is 0 Å². The van der Waals surface area contributed by atoms with Crippen LogP contribution in [0, 0.1) is 0 Å². The number of aliphatic hydroxyl groups excluding tert-OH is 1. The van der Waals surface area contributed by atoms with Crippen molar-refractivity contribution < 1.29 is 9.84 Å². The summed E-state index contributed by atoms with van der Waals surface area (Å²) in [4.78, 5) is 8.53. The van der Waals surface area contributed by atoms with Gasteiger partial charge in [0.05, 0.1) is 12.7 Å². The molecule has 0 aliphatic heterocycles. The molecule has 22 heavy (non-hydrogen) atoms. The van der Waals surface area contributed by atoms with E-state index in [4.69, 9.17) is 4.74 Å². The molecule has 0 aliphatic rings. The molecule has 0 amide bonds. The fourth-order valence-electron chi connectivity index (χ4n) is 2.32. The van der Waals surface area contributed by atoms with Crippen LogP contribution in [0.25, 0.3) is 11.1 Å². The Morgan fingerprint density at radius 3 is 2.50 bits per heavy atom.